The van der Waals surface area contributed by atoms with Crippen LogP contribution in [0.25, 0.3) is 0 Å². The smallest absolute Gasteiger partial charge is 0.191 e. The zero-order valence-electron chi connectivity index (χ0n) is 16.9. The summed E-state index contributed by atoms with van der Waals surface area (Å²) in [4.78, 5) is 6.92. The number of rotatable bonds is 7. The molecule has 0 spiro atoms. The third-order valence-corrected chi connectivity index (χ3v) is 4.84. The Kier molecular flexibility index (Phi) is 10.6. The minimum absolute atomic E-state index is 0. The molecule has 2 atom stereocenters. The number of nitrogens with zero attached hydrogens (tertiary/aromatic N) is 4. The predicted octanol–water partition coefficient (Wildman–Crippen LogP) is 4.26. The summed E-state index contributed by atoms with van der Waals surface area (Å²) >= 11 is 12.3. The highest BCUT2D eigenvalue weighted by molar-refractivity contribution is 14.0. The molecule has 1 heterocycles. The lowest BCUT2D eigenvalue weighted by atomic mass is 10.1. The molecule has 28 heavy (non-hydrogen) atoms. The van der Waals surface area contributed by atoms with Crippen LogP contribution in [0.2, 0.25) is 10.0 Å². The molecule has 0 aliphatic rings. The van der Waals surface area contributed by atoms with Crippen LogP contribution in [0.4, 0.5) is 0 Å². The molecule has 0 saturated carbocycles. The van der Waals surface area contributed by atoms with Crippen LogP contribution in [0.1, 0.15) is 37.1 Å². The quantitative estimate of drug-likeness (QED) is 0.314. The van der Waals surface area contributed by atoms with Crippen molar-refractivity contribution >= 4 is 53.1 Å². The highest BCUT2D eigenvalue weighted by atomic mass is 127. The summed E-state index contributed by atoms with van der Waals surface area (Å²) in [6, 6.07) is 5.66. The molecule has 6 nitrogen and oxygen atoms in total. The van der Waals surface area contributed by atoms with Gasteiger partial charge in [-0.3, -0.25) is 9.67 Å². The Bertz CT molecular complexity index is 778. The van der Waals surface area contributed by atoms with E-state index in [1.165, 1.54) is 0 Å². The van der Waals surface area contributed by atoms with E-state index in [1.54, 1.807) is 6.07 Å². The van der Waals surface area contributed by atoms with E-state index in [-0.39, 0.29) is 36.1 Å². The van der Waals surface area contributed by atoms with Crippen LogP contribution in [0, 0.1) is 0 Å². The summed E-state index contributed by atoms with van der Waals surface area (Å²) in [5.41, 5.74) is 2.11. The second-order valence-corrected chi connectivity index (χ2v) is 7.52. The van der Waals surface area contributed by atoms with E-state index in [4.69, 9.17) is 28.2 Å². The molecule has 0 aliphatic carbocycles. The number of aromatic nitrogens is 2. The van der Waals surface area contributed by atoms with Crippen LogP contribution < -0.4 is 10.6 Å². The molecule has 0 amide bonds. The van der Waals surface area contributed by atoms with Crippen LogP contribution >= 0.6 is 47.2 Å². The first-order valence-corrected chi connectivity index (χ1v) is 9.72. The molecule has 0 aliphatic heterocycles. The lowest BCUT2D eigenvalue weighted by Gasteiger charge is -2.23. The highest BCUT2D eigenvalue weighted by Gasteiger charge is 2.17. The van der Waals surface area contributed by atoms with Gasteiger partial charge in [0.15, 0.2) is 5.96 Å². The first-order chi connectivity index (χ1) is 12.8. The summed E-state index contributed by atoms with van der Waals surface area (Å²) in [7, 11) is 6.01. The van der Waals surface area contributed by atoms with Crippen LogP contribution in [-0.2, 0) is 7.05 Å². The second kappa shape index (κ2) is 11.8. The fraction of sp³-hybridized carbons (Fsp3) is 0.474. The summed E-state index contributed by atoms with van der Waals surface area (Å²) in [5.74, 6) is 0.742. The second-order valence-electron chi connectivity index (χ2n) is 6.68. The van der Waals surface area contributed by atoms with Gasteiger partial charge in [-0.2, -0.15) is 5.10 Å². The lowest BCUT2D eigenvalue weighted by molar-refractivity contribution is 0.306. The fourth-order valence-electron chi connectivity index (χ4n) is 2.81. The van der Waals surface area contributed by atoms with Gasteiger partial charge in [-0.15, -0.1) is 24.0 Å². The molecular weight excluding hydrogens is 510 g/mol. The van der Waals surface area contributed by atoms with E-state index in [1.807, 2.05) is 64.2 Å². The zero-order chi connectivity index (χ0) is 20.0. The molecule has 0 saturated heterocycles. The number of halogens is 3. The Morgan fingerprint density at radius 3 is 2.57 bits per heavy atom. The van der Waals surface area contributed by atoms with Crippen LogP contribution in [0.5, 0.6) is 0 Å². The van der Waals surface area contributed by atoms with Crippen molar-refractivity contribution in [2.24, 2.45) is 12.0 Å². The van der Waals surface area contributed by atoms with Crippen molar-refractivity contribution in [2.75, 3.05) is 27.2 Å². The zero-order valence-corrected chi connectivity index (χ0v) is 20.8. The average Bonchev–Trinajstić information content (AvgIpc) is 3.00. The fourth-order valence-corrected chi connectivity index (χ4v) is 3.38. The molecule has 0 radical (unpaired) electrons. The summed E-state index contributed by atoms with van der Waals surface area (Å²) in [6.45, 7) is 5.47. The summed E-state index contributed by atoms with van der Waals surface area (Å²) in [6.07, 6.45) is 3.91. The van der Waals surface area contributed by atoms with Crippen molar-refractivity contribution in [1.29, 1.82) is 0 Å². The molecule has 9 heteroatoms. The number of likely N-dealkylation sites (N-methyl/N-ethyl adjacent to an activating group) is 1. The Hall–Kier alpha value is -1.03. The number of benzene rings is 1. The van der Waals surface area contributed by atoms with Gasteiger partial charge in [0, 0.05) is 35.4 Å². The van der Waals surface area contributed by atoms with Crippen molar-refractivity contribution in [3.63, 3.8) is 0 Å². The Morgan fingerprint density at radius 1 is 1.32 bits per heavy atom. The Morgan fingerprint density at radius 2 is 2.04 bits per heavy atom. The van der Waals surface area contributed by atoms with Crippen LogP contribution in [0.15, 0.2) is 35.6 Å². The third-order valence-electron chi connectivity index (χ3n) is 4.28. The number of aryl methyl sites for hydroxylation is 1. The minimum atomic E-state index is -0.0104. The lowest BCUT2D eigenvalue weighted by Crippen LogP contribution is -2.39. The minimum Gasteiger partial charge on any atom is -0.357 e. The molecular formula is C19H29Cl2IN6. The van der Waals surface area contributed by atoms with E-state index >= 15 is 0 Å². The first-order valence-electron chi connectivity index (χ1n) is 8.96. The standard InChI is InChI=1S/C19H28Cl2N6.HI/c1-6-22-19(25-13(2)16-8-7-15(20)9-17(16)21)23-11-18(26(3)4)14-10-24-27(5)12-14;/h7-10,12-13,18H,6,11H2,1-5H3,(H2,22,23,25);1H. The molecule has 1 aromatic carbocycles. The van der Waals surface area contributed by atoms with E-state index in [0.717, 1.165) is 23.6 Å². The molecule has 2 unspecified atom stereocenters. The molecule has 2 aromatic rings. The summed E-state index contributed by atoms with van der Waals surface area (Å²) in [5, 5.41) is 12.3. The largest absolute Gasteiger partial charge is 0.357 e. The number of guanidine groups is 1. The van der Waals surface area contributed by atoms with Gasteiger partial charge >= 0.3 is 0 Å². The summed E-state index contributed by atoms with van der Waals surface area (Å²) < 4.78 is 1.81. The average molecular weight is 539 g/mol. The van der Waals surface area contributed by atoms with Crippen molar-refractivity contribution < 1.29 is 0 Å². The van der Waals surface area contributed by atoms with Gasteiger partial charge in [0.2, 0.25) is 0 Å². The van der Waals surface area contributed by atoms with Crippen LogP contribution in [-0.4, -0.2) is 47.8 Å². The SMILES string of the molecule is CCNC(=NCC(c1cnn(C)c1)N(C)C)NC(C)c1ccc(Cl)cc1Cl.I. The van der Waals surface area contributed by atoms with Crippen LogP contribution in [0.3, 0.4) is 0 Å². The maximum Gasteiger partial charge on any atom is 0.191 e. The molecule has 156 valence electrons. The highest BCUT2D eigenvalue weighted by Crippen LogP contribution is 2.26. The van der Waals surface area contributed by atoms with Gasteiger partial charge in [-0.25, -0.2) is 0 Å². The van der Waals surface area contributed by atoms with E-state index in [2.05, 4.69) is 20.6 Å². The van der Waals surface area contributed by atoms with Crippen molar-refractivity contribution in [2.45, 2.75) is 25.9 Å². The topological polar surface area (TPSA) is 57.5 Å². The monoisotopic (exact) mass is 538 g/mol. The number of hydrogen-bond acceptors (Lipinski definition) is 3. The molecule has 0 bridgehead atoms. The molecule has 2 rings (SSSR count). The normalized spacial score (nSPS) is 13.8. The number of hydrogen-bond donors (Lipinski definition) is 2. The number of aliphatic imine (C=N–C) groups is 1. The van der Waals surface area contributed by atoms with E-state index in [0.29, 0.717) is 16.6 Å². The van der Waals surface area contributed by atoms with Gasteiger partial charge < -0.3 is 15.5 Å². The number of nitrogens with one attached hydrogen (secondary N) is 2. The van der Waals surface area contributed by atoms with Gasteiger partial charge in [-0.05, 0) is 45.6 Å². The first kappa shape index (κ1) is 25.0. The maximum absolute atomic E-state index is 6.34. The van der Waals surface area contributed by atoms with Gasteiger partial charge in [0.05, 0.1) is 24.8 Å². The van der Waals surface area contributed by atoms with Gasteiger partial charge in [0.1, 0.15) is 0 Å². The van der Waals surface area contributed by atoms with Gasteiger partial charge in [0.25, 0.3) is 0 Å². The van der Waals surface area contributed by atoms with Gasteiger partial charge in [-0.1, -0.05) is 29.3 Å². The predicted molar refractivity (Wildman–Crippen MR) is 129 cm³/mol. The van der Waals surface area contributed by atoms with E-state index in [9.17, 15) is 0 Å². The van der Waals surface area contributed by atoms with Crippen molar-refractivity contribution in [1.82, 2.24) is 25.3 Å². The molecule has 1 aromatic heterocycles. The maximum atomic E-state index is 6.34. The van der Waals surface area contributed by atoms with Crippen molar-refractivity contribution in [3.8, 4) is 0 Å². The Labute approximate surface area is 194 Å². The molecule has 2 N–H and O–H groups in total. The van der Waals surface area contributed by atoms with E-state index < -0.39 is 0 Å². The van der Waals surface area contributed by atoms with Crippen molar-refractivity contribution in [3.05, 3.63) is 51.8 Å². The molecule has 0 fully saturated rings. The Balaban J connectivity index is 0.00000392. The third kappa shape index (κ3) is 7.09.